The van der Waals surface area contributed by atoms with Crippen molar-refractivity contribution >= 4 is 29.3 Å². The number of nitro groups is 1. The zero-order chi connectivity index (χ0) is 19.2. The van der Waals surface area contributed by atoms with Gasteiger partial charge in [-0.05, 0) is 25.0 Å². The number of amides is 2. The highest BCUT2D eigenvalue weighted by Gasteiger charge is 2.25. The molecule has 2 aliphatic heterocycles. The Morgan fingerprint density at radius 3 is 2.11 bits per heavy atom. The van der Waals surface area contributed by atoms with Gasteiger partial charge in [-0.2, -0.15) is 0 Å². The van der Waals surface area contributed by atoms with Crippen molar-refractivity contribution in [3.05, 3.63) is 34.4 Å². The van der Waals surface area contributed by atoms with E-state index in [1.54, 1.807) is 12.1 Å². The van der Waals surface area contributed by atoms with Crippen LogP contribution < -0.4 is 0 Å². The van der Waals surface area contributed by atoms with E-state index in [1.807, 2.05) is 9.80 Å². The fourth-order valence-corrected chi connectivity index (χ4v) is 4.11. The van der Waals surface area contributed by atoms with Gasteiger partial charge >= 0.3 is 0 Å². The maximum atomic E-state index is 12.4. The van der Waals surface area contributed by atoms with Gasteiger partial charge in [0, 0.05) is 56.3 Å². The lowest BCUT2D eigenvalue weighted by molar-refractivity contribution is -0.384. The van der Waals surface area contributed by atoms with E-state index in [-0.39, 0.29) is 17.5 Å². The number of hydrogen-bond acceptors (Lipinski definition) is 6. The van der Waals surface area contributed by atoms with Crippen molar-refractivity contribution in [3.63, 3.8) is 0 Å². The van der Waals surface area contributed by atoms with Gasteiger partial charge in [0.2, 0.25) is 11.8 Å². The van der Waals surface area contributed by atoms with E-state index in [9.17, 15) is 19.7 Å². The molecule has 0 N–H and O–H groups in total. The second kappa shape index (κ2) is 9.18. The summed E-state index contributed by atoms with van der Waals surface area (Å²) in [5.41, 5.74) is 0.0466. The highest BCUT2D eigenvalue weighted by atomic mass is 32.2. The molecule has 2 aliphatic rings. The molecule has 9 heteroatoms. The lowest BCUT2D eigenvalue weighted by Crippen LogP contribution is -2.51. The SMILES string of the molecule is O=C(CSc1ccc([N+](=O)[O-])cc1)N1CCN(CC(=O)N2CCCC2)CC1. The lowest BCUT2D eigenvalue weighted by atomic mass is 10.3. The first-order valence-electron chi connectivity index (χ1n) is 9.18. The van der Waals surface area contributed by atoms with Crippen LogP contribution in [0.25, 0.3) is 0 Å². The quantitative estimate of drug-likeness (QED) is 0.414. The van der Waals surface area contributed by atoms with Gasteiger partial charge in [0.1, 0.15) is 0 Å². The van der Waals surface area contributed by atoms with Crippen molar-refractivity contribution in [1.29, 1.82) is 0 Å². The number of piperazine rings is 1. The molecule has 0 atom stereocenters. The highest BCUT2D eigenvalue weighted by Crippen LogP contribution is 2.22. The molecule has 3 rings (SSSR count). The van der Waals surface area contributed by atoms with E-state index in [2.05, 4.69) is 4.90 Å². The highest BCUT2D eigenvalue weighted by molar-refractivity contribution is 8.00. The average Bonchev–Trinajstić information content (AvgIpc) is 3.22. The molecule has 0 spiro atoms. The molecule has 0 aromatic heterocycles. The Bertz CT molecular complexity index is 683. The first-order chi connectivity index (χ1) is 13.0. The van der Waals surface area contributed by atoms with E-state index < -0.39 is 4.92 Å². The molecule has 2 fully saturated rings. The fourth-order valence-electron chi connectivity index (χ4n) is 3.31. The first kappa shape index (κ1) is 19.6. The van der Waals surface area contributed by atoms with Crippen LogP contribution in [0.2, 0.25) is 0 Å². The van der Waals surface area contributed by atoms with Gasteiger partial charge in [0.25, 0.3) is 5.69 Å². The summed E-state index contributed by atoms with van der Waals surface area (Å²) in [7, 11) is 0. The van der Waals surface area contributed by atoms with Gasteiger partial charge in [-0.1, -0.05) is 0 Å². The second-order valence-electron chi connectivity index (χ2n) is 6.78. The molecule has 8 nitrogen and oxygen atoms in total. The number of likely N-dealkylation sites (tertiary alicyclic amines) is 1. The number of carbonyl (C=O) groups excluding carboxylic acids is 2. The Morgan fingerprint density at radius 1 is 0.926 bits per heavy atom. The van der Waals surface area contributed by atoms with Gasteiger partial charge in [-0.3, -0.25) is 24.6 Å². The topological polar surface area (TPSA) is 87.0 Å². The Morgan fingerprint density at radius 2 is 1.52 bits per heavy atom. The number of benzene rings is 1. The molecule has 2 amide bonds. The lowest BCUT2D eigenvalue weighted by Gasteiger charge is -2.35. The first-order valence-corrected chi connectivity index (χ1v) is 10.2. The van der Waals surface area contributed by atoms with Crippen molar-refractivity contribution in [2.75, 3.05) is 51.6 Å². The maximum Gasteiger partial charge on any atom is 0.269 e. The molecule has 0 bridgehead atoms. The number of non-ortho nitro benzene ring substituents is 1. The summed E-state index contributed by atoms with van der Waals surface area (Å²) >= 11 is 1.38. The molecule has 1 aromatic rings. The van der Waals surface area contributed by atoms with Gasteiger partial charge in [0.15, 0.2) is 0 Å². The molecule has 2 heterocycles. The molecular weight excluding hydrogens is 368 g/mol. The van der Waals surface area contributed by atoms with Crippen LogP contribution >= 0.6 is 11.8 Å². The molecule has 1 aromatic carbocycles. The fraction of sp³-hybridized carbons (Fsp3) is 0.556. The smallest absolute Gasteiger partial charge is 0.269 e. The van der Waals surface area contributed by atoms with Crippen LogP contribution in [-0.2, 0) is 9.59 Å². The van der Waals surface area contributed by atoms with Crippen LogP contribution in [-0.4, -0.2) is 83.0 Å². The van der Waals surface area contributed by atoms with Gasteiger partial charge in [-0.15, -0.1) is 11.8 Å². The zero-order valence-electron chi connectivity index (χ0n) is 15.2. The minimum Gasteiger partial charge on any atom is -0.342 e. The summed E-state index contributed by atoms with van der Waals surface area (Å²) in [5, 5.41) is 10.7. The van der Waals surface area contributed by atoms with Crippen LogP contribution in [0.4, 0.5) is 5.69 Å². The third-order valence-electron chi connectivity index (χ3n) is 4.95. The van der Waals surface area contributed by atoms with Gasteiger partial charge < -0.3 is 9.80 Å². The van der Waals surface area contributed by atoms with Crippen LogP contribution in [0.1, 0.15) is 12.8 Å². The summed E-state index contributed by atoms with van der Waals surface area (Å²) in [4.78, 5) is 41.5. The Hall–Kier alpha value is -2.13. The monoisotopic (exact) mass is 392 g/mol. The van der Waals surface area contributed by atoms with Crippen molar-refractivity contribution in [2.45, 2.75) is 17.7 Å². The van der Waals surface area contributed by atoms with Crippen LogP contribution in [0.15, 0.2) is 29.2 Å². The molecule has 27 heavy (non-hydrogen) atoms. The van der Waals surface area contributed by atoms with Crippen molar-refractivity contribution in [1.82, 2.24) is 14.7 Å². The predicted octanol–water partition coefficient (Wildman–Crippen LogP) is 1.45. The molecule has 2 saturated heterocycles. The van der Waals surface area contributed by atoms with E-state index in [0.717, 1.165) is 30.8 Å². The molecule has 0 aliphatic carbocycles. The third kappa shape index (κ3) is 5.43. The third-order valence-corrected chi connectivity index (χ3v) is 5.95. The maximum absolute atomic E-state index is 12.4. The van der Waals surface area contributed by atoms with Crippen LogP contribution in [0.5, 0.6) is 0 Å². The molecule has 0 saturated carbocycles. The standard InChI is InChI=1S/C18H24N4O4S/c23-17(20-7-1-2-8-20)13-19-9-11-21(12-10-19)18(24)14-27-16-5-3-15(4-6-16)22(25)26/h3-6H,1-2,7-14H2. The number of thioether (sulfide) groups is 1. The number of rotatable bonds is 6. The van der Waals surface area contributed by atoms with Gasteiger partial charge in [0.05, 0.1) is 17.2 Å². The van der Waals surface area contributed by atoms with Crippen LogP contribution in [0.3, 0.4) is 0 Å². The molecule has 146 valence electrons. The Balaban J connectivity index is 1.39. The molecular formula is C18H24N4O4S. The minimum absolute atomic E-state index is 0.0466. The van der Waals surface area contributed by atoms with Crippen molar-refractivity contribution in [2.24, 2.45) is 0 Å². The van der Waals surface area contributed by atoms with Crippen molar-refractivity contribution < 1.29 is 14.5 Å². The predicted molar refractivity (Wildman–Crippen MR) is 103 cm³/mol. The van der Waals surface area contributed by atoms with E-state index in [1.165, 1.54) is 23.9 Å². The number of nitro benzene ring substituents is 1. The Labute approximate surface area is 162 Å². The second-order valence-corrected chi connectivity index (χ2v) is 7.83. The number of hydrogen-bond donors (Lipinski definition) is 0. The summed E-state index contributed by atoms with van der Waals surface area (Å²) in [6, 6.07) is 6.22. The zero-order valence-corrected chi connectivity index (χ0v) is 16.0. The van der Waals surface area contributed by atoms with E-state index in [0.29, 0.717) is 38.5 Å². The van der Waals surface area contributed by atoms with Gasteiger partial charge in [-0.25, -0.2) is 0 Å². The normalized spacial score (nSPS) is 17.9. The van der Waals surface area contributed by atoms with Crippen LogP contribution in [0, 0.1) is 10.1 Å². The average molecular weight is 392 g/mol. The van der Waals surface area contributed by atoms with Crippen molar-refractivity contribution in [3.8, 4) is 0 Å². The summed E-state index contributed by atoms with van der Waals surface area (Å²) in [6.45, 7) is 4.88. The Kier molecular flexibility index (Phi) is 6.68. The summed E-state index contributed by atoms with van der Waals surface area (Å²) < 4.78 is 0. The van der Waals surface area contributed by atoms with E-state index in [4.69, 9.17) is 0 Å². The van der Waals surface area contributed by atoms with E-state index >= 15 is 0 Å². The summed E-state index contributed by atoms with van der Waals surface area (Å²) in [6.07, 6.45) is 2.20. The summed E-state index contributed by atoms with van der Waals surface area (Å²) in [5.74, 6) is 0.565. The molecule has 0 unspecified atom stereocenters. The minimum atomic E-state index is -0.437. The molecule has 0 radical (unpaired) electrons. The number of nitrogens with zero attached hydrogens (tertiary/aromatic N) is 4. The number of carbonyl (C=O) groups is 2. The largest absolute Gasteiger partial charge is 0.342 e.